The van der Waals surface area contributed by atoms with Crippen molar-refractivity contribution in [2.75, 3.05) is 23.8 Å². The van der Waals surface area contributed by atoms with Crippen LogP contribution >= 0.6 is 0 Å². The summed E-state index contributed by atoms with van der Waals surface area (Å²) in [6.45, 7) is 4.57. The van der Waals surface area contributed by atoms with Gasteiger partial charge in [-0.15, -0.1) is 0 Å². The van der Waals surface area contributed by atoms with Crippen LogP contribution in [0.3, 0.4) is 0 Å². The number of benzene rings is 1. The van der Waals surface area contributed by atoms with Gasteiger partial charge in [0.15, 0.2) is 0 Å². The smallest absolute Gasteiger partial charge is 0.337 e. The maximum absolute atomic E-state index is 11.3. The van der Waals surface area contributed by atoms with Gasteiger partial charge in [-0.2, -0.15) is 0 Å². The third-order valence-electron chi connectivity index (χ3n) is 3.25. The highest BCUT2D eigenvalue weighted by atomic mass is 16.5. The molecule has 20 heavy (non-hydrogen) atoms. The van der Waals surface area contributed by atoms with E-state index in [1.165, 1.54) is 13.0 Å². The summed E-state index contributed by atoms with van der Waals surface area (Å²) in [6, 6.07) is 3.21. The fourth-order valence-corrected chi connectivity index (χ4v) is 2.08. The summed E-state index contributed by atoms with van der Waals surface area (Å²) in [5, 5.41) is 15.0. The van der Waals surface area contributed by atoms with Gasteiger partial charge in [0.1, 0.15) is 0 Å². The van der Waals surface area contributed by atoms with Crippen LogP contribution in [-0.4, -0.2) is 36.2 Å². The molecular formula is C14H18N2O4. The number of carbonyl (C=O) groups is 2. The topological polar surface area (TPSA) is 87.7 Å². The molecule has 1 aliphatic rings. The van der Waals surface area contributed by atoms with Crippen LogP contribution in [0.2, 0.25) is 0 Å². The molecule has 1 saturated heterocycles. The molecule has 0 spiro atoms. The van der Waals surface area contributed by atoms with Crippen LogP contribution in [0.15, 0.2) is 12.1 Å². The summed E-state index contributed by atoms with van der Waals surface area (Å²) >= 11 is 0. The van der Waals surface area contributed by atoms with E-state index in [9.17, 15) is 14.7 Å². The predicted molar refractivity (Wildman–Crippen MR) is 75.3 cm³/mol. The van der Waals surface area contributed by atoms with Gasteiger partial charge in [-0.25, -0.2) is 4.79 Å². The second-order valence-electron chi connectivity index (χ2n) is 4.83. The summed E-state index contributed by atoms with van der Waals surface area (Å²) < 4.78 is 5.32. The molecule has 6 nitrogen and oxygen atoms in total. The third-order valence-corrected chi connectivity index (χ3v) is 3.25. The number of amides is 1. The number of aromatic carboxylic acids is 1. The third kappa shape index (κ3) is 3.08. The number of aryl methyl sites for hydroxylation is 1. The number of anilines is 2. The standard InChI is InChI=1S/C14H18N2O4/c1-8-3-4-11(14(18)19)13(16-9(2)17)12(8)15-7-10-5-6-20-10/h3-4,10,15H,5-7H2,1-2H3,(H,16,17)(H,18,19)/t10-/m0/s1. The molecular weight excluding hydrogens is 260 g/mol. The van der Waals surface area contributed by atoms with E-state index in [0.717, 1.165) is 18.6 Å². The van der Waals surface area contributed by atoms with Gasteiger partial charge < -0.3 is 20.5 Å². The Kier molecular flexibility index (Phi) is 4.24. The number of carboxylic acid groups (broad SMARTS) is 1. The van der Waals surface area contributed by atoms with E-state index in [2.05, 4.69) is 10.6 Å². The molecule has 1 aromatic carbocycles. The van der Waals surface area contributed by atoms with E-state index < -0.39 is 5.97 Å². The molecule has 1 atom stereocenters. The lowest BCUT2D eigenvalue weighted by molar-refractivity contribution is -0.114. The average Bonchev–Trinajstić information content (AvgIpc) is 2.29. The summed E-state index contributed by atoms with van der Waals surface area (Å²) in [7, 11) is 0. The quantitative estimate of drug-likeness (QED) is 0.765. The normalized spacial score (nSPS) is 17.2. The number of ether oxygens (including phenoxy) is 1. The minimum atomic E-state index is -1.07. The van der Waals surface area contributed by atoms with Crippen molar-refractivity contribution in [2.24, 2.45) is 0 Å². The highest BCUT2D eigenvalue weighted by Crippen LogP contribution is 2.30. The first kappa shape index (κ1) is 14.3. The molecule has 1 aromatic rings. The Morgan fingerprint density at radius 2 is 2.10 bits per heavy atom. The Labute approximate surface area is 117 Å². The molecule has 3 N–H and O–H groups in total. The van der Waals surface area contributed by atoms with Crippen LogP contribution in [0, 0.1) is 6.92 Å². The van der Waals surface area contributed by atoms with Crippen molar-refractivity contribution >= 4 is 23.3 Å². The lowest BCUT2D eigenvalue weighted by Gasteiger charge is -2.28. The molecule has 1 amide bonds. The summed E-state index contributed by atoms with van der Waals surface area (Å²) in [5.41, 5.74) is 1.89. The van der Waals surface area contributed by atoms with Crippen molar-refractivity contribution in [2.45, 2.75) is 26.4 Å². The molecule has 108 valence electrons. The zero-order valence-corrected chi connectivity index (χ0v) is 11.5. The maximum atomic E-state index is 11.3. The number of rotatable bonds is 5. The molecule has 0 bridgehead atoms. The number of nitrogens with one attached hydrogen (secondary N) is 2. The van der Waals surface area contributed by atoms with E-state index in [-0.39, 0.29) is 17.6 Å². The SMILES string of the molecule is CC(=O)Nc1c(C(=O)O)ccc(C)c1NC[C@@H]1CCO1. The number of hydrogen-bond acceptors (Lipinski definition) is 4. The molecule has 1 fully saturated rings. The Bertz CT molecular complexity index is 538. The first-order valence-corrected chi connectivity index (χ1v) is 6.49. The van der Waals surface area contributed by atoms with Crippen molar-refractivity contribution in [1.82, 2.24) is 0 Å². The van der Waals surface area contributed by atoms with Crippen LogP contribution < -0.4 is 10.6 Å². The maximum Gasteiger partial charge on any atom is 0.337 e. The first-order chi connectivity index (χ1) is 9.49. The highest BCUT2D eigenvalue weighted by Gasteiger charge is 2.21. The lowest BCUT2D eigenvalue weighted by Crippen LogP contribution is -2.34. The van der Waals surface area contributed by atoms with Gasteiger partial charge in [0.25, 0.3) is 0 Å². The molecule has 0 unspecified atom stereocenters. The van der Waals surface area contributed by atoms with Crippen LogP contribution in [0.4, 0.5) is 11.4 Å². The van der Waals surface area contributed by atoms with Crippen LogP contribution in [0.1, 0.15) is 29.3 Å². The van der Waals surface area contributed by atoms with Gasteiger partial charge >= 0.3 is 5.97 Å². The zero-order chi connectivity index (χ0) is 14.7. The fourth-order valence-electron chi connectivity index (χ4n) is 2.08. The number of carbonyl (C=O) groups excluding carboxylic acids is 1. The fraction of sp³-hybridized carbons (Fsp3) is 0.429. The highest BCUT2D eigenvalue weighted by molar-refractivity contribution is 6.04. The van der Waals surface area contributed by atoms with Crippen molar-refractivity contribution in [3.63, 3.8) is 0 Å². The van der Waals surface area contributed by atoms with E-state index in [1.54, 1.807) is 6.07 Å². The Morgan fingerprint density at radius 3 is 2.60 bits per heavy atom. The minimum Gasteiger partial charge on any atom is -0.478 e. The molecule has 2 rings (SSSR count). The van der Waals surface area contributed by atoms with Crippen molar-refractivity contribution in [1.29, 1.82) is 0 Å². The van der Waals surface area contributed by atoms with Gasteiger partial charge in [-0.05, 0) is 25.0 Å². The zero-order valence-electron chi connectivity index (χ0n) is 11.5. The number of carboxylic acids is 1. The van der Waals surface area contributed by atoms with Crippen LogP contribution in [0.25, 0.3) is 0 Å². The van der Waals surface area contributed by atoms with Crippen LogP contribution in [0.5, 0.6) is 0 Å². The van der Waals surface area contributed by atoms with E-state index in [4.69, 9.17) is 4.74 Å². The van der Waals surface area contributed by atoms with Gasteiger partial charge in [-0.1, -0.05) is 6.07 Å². The molecule has 0 radical (unpaired) electrons. The summed E-state index contributed by atoms with van der Waals surface area (Å²) in [5.74, 6) is -1.38. The predicted octanol–water partition coefficient (Wildman–Crippen LogP) is 1.85. The first-order valence-electron chi connectivity index (χ1n) is 6.49. The van der Waals surface area contributed by atoms with Crippen molar-refractivity contribution in [3.05, 3.63) is 23.3 Å². The van der Waals surface area contributed by atoms with Gasteiger partial charge in [0, 0.05) is 20.1 Å². The van der Waals surface area contributed by atoms with Gasteiger partial charge in [0.05, 0.1) is 23.0 Å². The lowest BCUT2D eigenvalue weighted by atomic mass is 10.1. The molecule has 6 heteroatoms. The number of hydrogen-bond donors (Lipinski definition) is 3. The molecule has 1 aliphatic heterocycles. The van der Waals surface area contributed by atoms with Crippen LogP contribution in [-0.2, 0) is 9.53 Å². The minimum absolute atomic E-state index is 0.0721. The Balaban J connectivity index is 2.31. The van der Waals surface area contributed by atoms with Crippen molar-refractivity contribution in [3.8, 4) is 0 Å². The van der Waals surface area contributed by atoms with Gasteiger partial charge in [0.2, 0.25) is 5.91 Å². The molecule has 1 heterocycles. The summed E-state index contributed by atoms with van der Waals surface area (Å²) in [4.78, 5) is 22.6. The second kappa shape index (κ2) is 5.92. The molecule has 0 aliphatic carbocycles. The largest absolute Gasteiger partial charge is 0.478 e. The molecule has 0 saturated carbocycles. The Morgan fingerprint density at radius 1 is 1.40 bits per heavy atom. The Hall–Kier alpha value is -2.08. The van der Waals surface area contributed by atoms with E-state index in [1.807, 2.05) is 6.92 Å². The van der Waals surface area contributed by atoms with E-state index >= 15 is 0 Å². The van der Waals surface area contributed by atoms with E-state index in [0.29, 0.717) is 17.9 Å². The monoisotopic (exact) mass is 278 g/mol. The van der Waals surface area contributed by atoms with Gasteiger partial charge in [-0.3, -0.25) is 4.79 Å². The second-order valence-corrected chi connectivity index (χ2v) is 4.83. The molecule has 0 aromatic heterocycles. The van der Waals surface area contributed by atoms with Crippen molar-refractivity contribution < 1.29 is 19.4 Å². The average molecular weight is 278 g/mol. The summed E-state index contributed by atoms with van der Waals surface area (Å²) in [6.07, 6.45) is 1.13.